The molecular weight excluding hydrogens is 260 g/mol. The first-order valence-electron chi connectivity index (χ1n) is 5.75. The standard InChI is InChI=1S/C15H14O3S/c1-10-11-6-3-4-8-14(11)19-13(10)9-5-7-12(18-2)15(16)17/h3-9H,1-2H3,(H,16,17)/p-1. The van der Waals surface area contributed by atoms with Gasteiger partial charge in [0.25, 0.3) is 0 Å². The van der Waals surface area contributed by atoms with Crippen LogP contribution in [0.25, 0.3) is 16.2 Å². The fourth-order valence-corrected chi connectivity index (χ4v) is 2.92. The van der Waals surface area contributed by atoms with E-state index in [0.29, 0.717) is 0 Å². The van der Waals surface area contributed by atoms with Crippen LogP contribution in [0.5, 0.6) is 0 Å². The summed E-state index contributed by atoms with van der Waals surface area (Å²) in [5.74, 6) is -1.50. The summed E-state index contributed by atoms with van der Waals surface area (Å²) in [4.78, 5) is 11.7. The van der Waals surface area contributed by atoms with Crippen molar-refractivity contribution in [1.82, 2.24) is 0 Å². The molecule has 0 bridgehead atoms. The molecule has 0 saturated carbocycles. The van der Waals surface area contributed by atoms with Crippen molar-refractivity contribution in [3.05, 3.63) is 52.6 Å². The number of carboxylic acids is 1. The highest BCUT2D eigenvalue weighted by atomic mass is 32.1. The van der Waals surface area contributed by atoms with Gasteiger partial charge in [-0.25, -0.2) is 0 Å². The lowest BCUT2D eigenvalue weighted by Crippen LogP contribution is -2.25. The summed E-state index contributed by atoms with van der Waals surface area (Å²) in [5, 5.41) is 11.9. The Kier molecular flexibility index (Phi) is 4.02. The molecule has 19 heavy (non-hydrogen) atoms. The predicted molar refractivity (Wildman–Crippen MR) is 75.7 cm³/mol. The molecule has 0 aliphatic carbocycles. The van der Waals surface area contributed by atoms with Gasteiger partial charge in [-0.05, 0) is 36.1 Å². The molecule has 0 atom stereocenters. The number of ether oxygens (including phenoxy) is 1. The molecule has 0 saturated heterocycles. The van der Waals surface area contributed by atoms with Crippen LogP contribution in [-0.2, 0) is 9.53 Å². The van der Waals surface area contributed by atoms with E-state index in [4.69, 9.17) is 4.74 Å². The molecule has 1 heterocycles. The smallest absolute Gasteiger partial charge is 0.141 e. The van der Waals surface area contributed by atoms with Crippen LogP contribution in [0.3, 0.4) is 0 Å². The maximum atomic E-state index is 10.6. The zero-order chi connectivity index (χ0) is 13.8. The van der Waals surface area contributed by atoms with Gasteiger partial charge in [-0.2, -0.15) is 0 Å². The molecule has 0 N–H and O–H groups in total. The number of carbonyl (C=O) groups excluding carboxylic acids is 1. The van der Waals surface area contributed by atoms with Crippen molar-refractivity contribution in [2.45, 2.75) is 6.92 Å². The van der Waals surface area contributed by atoms with E-state index in [2.05, 4.69) is 19.1 Å². The van der Waals surface area contributed by atoms with E-state index in [0.717, 1.165) is 4.88 Å². The van der Waals surface area contributed by atoms with Gasteiger partial charge in [0.15, 0.2) is 0 Å². The fourth-order valence-electron chi connectivity index (χ4n) is 1.79. The Bertz CT molecular complexity index is 665. The Balaban J connectivity index is 2.31. The molecule has 1 aromatic heterocycles. The second-order valence-electron chi connectivity index (χ2n) is 3.97. The molecule has 0 fully saturated rings. The molecule has 0 unspecified atom stereocenters. The molecule has 0 spiro atoms. The highest BCUT2D eigenvalue weighted by Crippen LogP contribution is 2.31. The van der Waals surface area contributed by atoms with Crippen LogP contribution in [0.4, 0.5) is 0 Å². The SMILES string of the molecule is COC(=CC=Cc1sc2ccccc2c1C)C(=O)[O-]. The molecule has 0 amide bonds. The maximum absolute atomic E-state index is 10.6. The van der Waals surface area contributed by atoms with E-state index >= 15 is 0 Å². The number of allylic oxidation sites excluding steroid dienone is 2. The van der Waals surface area contributed by atoms with Crippen LogP contribution in [0.2, 0.25) is 0 Å². The van der Waals surface area contributed by atoms with E-state index in [1.165, 1.54) is 28.8 Å². The van der Waals surface area contributed by atoms with E-state index in [9.17, 15) is 9.90 Å². The van der Waals surface area contributed by atoms with Crippen LogP contribution in [-0.4, -0.2) is 13.1 Å². The summed E-state index contributed by atoms with van der Waals surface area (Å²) in [5.41, 5.74) is 1.19. The minimum Gasteiger partial charge on any atom is -0.542 e. The monoisotopic (exact) mass is 273 g/mol. The number of aliphatic carboxylic acids is 1. The van der Waals surface area contributed by atoms with Crippen molar-refractivity contribution < 1.29 is 14.6 Å². The van der Waals surface area contributed by atoms with Crippen LogP contribution in [0, 0.1) is 6.92 Å². The average molecular weight is 273 g/mol. The summed E-state index contributed by atoms with van der Waals surface area (Å²) in [6.07, 6.45) is 4.92. The van der Waals surface area contributed by atoms with E-state index < -0.39 is 5.97 Å². The Morgan fingerprint density at radius 1 is 1.37 bits per heavy atom. The highest BCUT2D eigenvalue weighted by Gasteiger charge is 2.04. The highest BCUT2D eigenvalue weighted by molar-refractivity contribution is 7.20. The van der Waals surface area contributed by atoms with Crippen molar-refractivity contribution in [2.75, 3.05) is 7.11 Å². The van der Waals surface area contributed by atoms with Crippen LogP contribution >= 0.6 is 11.3 Å². The minimum atomic E-state index is -1.32. The third kappa shape index (κ3) is 2.85. The number of rotatable bonds is 4. The molecule has 98 valence electrons. The van der Waals surface area contributed by atoms with Crippen molar-refractivity contribution in [3.63, 3.8) is 0 Å². The molecule has 2 rings (SSSR count). The summed E-state index contributed by atoms with van der Waals surface area (Å²) in [6, 6.07) is 8.16. The van der Waals surface area contributed by atoms with Gasteiger partial charge in [-0.15, -0.1) is 11.3 Å². The van der Waals surface area contributed by atoms with Crippen LogP contribution in [0.15, 0.2) is 42.2 Å². The summed E-state index contributed by atoms with van der Waals surface area (Å²) in [6.45, 7) is 2.05. The van der Waals surface area contributed by atoms with Crippen molar-refractivity contribution in [2.24, 2.45) is 0 Å². The van der Waals surface area contributed by atoms with Gasteiger partial charge in [-0.3, -0.25) is 0 Å². The topological polar surface area (TPSA) is 49.4 Å². The van der Waals surface area contributed by atoms with E-state index in [-0.39, 0.29) is 5.76 Å². The molecule has 0 aliphatic rings. The fraction of sp³-hybridized carbons (Fsp3) is 0.133. The number of carboxylic acid groups (broad SMARTS) is 1. The average Bonchev–Trinajstić information content (AvgIpc) is 2.72. The zero-order valence-electron chi connectivity index (χ0n) is 10.7. The third-order valence-electron chi connectivity index (χ3n) is 2.80. The van der Waals surface area contributed by atoms with Gasteiger partial charge >= 0.3 is 0 Å². The molecule has 3 nitrogen and oxygen atoms in total. The number of methoxy groups -OCH3 is 1. The van der Waals surface area contributed by atoms with Crippen LogP contribution in [0.1, 0.15) is 10.4 Å². The summed E-state index contributed by atoms with van der Waals surface area (Å²) < 4.78 is 5.91. The normalized spacial score (nSPS) is 12.2. The molecular formula is C15H13O3S-. The zero-order valence-corrected chi connectivity index (χ0v) is 11.5. The quantitative estimate of drug-likeness (QED) is 0.488. The second-order valence-corrected chi connectivity index (χ2v) is 5.05. The molecule has 4 heteroatoms. The number of aryl methyl sites for hydroxylation is 1. The second kappa shape index (κ2) is 5.71. The largest absolute Gasteiger partial charge is 0.542 e. The lowest BCUT2D eigenvalue weighted by Gasteiger charge is -2.04. The number of fused-ring (bicyclic) bond motifs is 1. The Labute approximate surface area is 115 Å². The molecule has 2 aromatic rings. The van der Waals surface area contributed by atoms with Gasteiger partial charge < -0.3 is 14.6 Å². The number of thiophene rings is 1. The predicted octanol–water partition coefficient (Wildman–Crippen LogP) is 2.50. The first-order chi connectivity index (χ1) is 9.13. The molecule has 1 aromatic carbocycles. The Hall–Kier alpha value is -2.07. The number of hydrogen-bond donors (Lipinski definition) is 0. The Morgan fingerprint density at radius 3 is 2.74 bits per heavy atom. The molecule has 0 radical (unpaired) electrons. The van der Waals surface area contributed by atoms with E-state index in [1.54, 1.807) is 17.4 Å². The minimum absolute atomic E-state index is 0.185. The van der Waals surface area contributed by atoms with E-state index in [1.807, 2.05) is 18.2 Å². The lowest BCUT2D eigenvalue weighted by atomic mass is 10.1. The van der Waals surface area contributed by atoms with Gasteiger partial charge in [-0.1, -0.05) is 24.3 Å². The first kappa shape index (κ1) is 13.4. The summed E-state index contributed by atoms with van der Waals surface area (Å²) in [7, 11) is 1.31. The van der Waals surface area contributed by atoms with Crippen molar-refractivity contribution >= 4 is 33.5 Å². The summed E-state index contributed by atoms with van der Waals surface area (Å²) >= 11 is 1.67. The number of carbonyl (C=O) groups is 1. The van der Waals surface area contributed by atoms with Crippen molar-refractivity contribution in [1.29, 1.82) is 0 Å². The van der Waals surface area contributed by atoms with Gasteiger partial charge in [0, 0.05) is 9.58 Å². The number of benzene rings is 1. The van der Waals surface area contributed by atoms with Gasteiger partial charge in [0.1, 0.15) is 11.7 Å². The maximum Gasteiger partial charge on any atom is 0.141 e. The van der Waals surface area contributed by atoms with Crippen molar-refractivity contribution in [3.8, 4) is 0 Å². The third-order valence-corrected chi connectivity index (χ3v) is 4.03. The lowest BCUT2D eigenvalue weighted by molar-refractivity contribution is -0.302. The van der Waals surface area contributed by atoms with Gasteiger partial charge in [0.05, 0.1) is 7.11 Å². The van der Waals surface area contributed by atoms with Gasteiger partial charge in [0.2, 0.25) is 0 Å². The first-order valence-corrected chi connectivity index (χ1v) is 6.57. The Morgan fingerprint density at radius 2 is 2.11 bits per heavy atom. The van der Waals surface area contributed by atoms with Crippen LogP contribution < -0.4 is 5.11 Å². The molecule has 0 aliphatic heterocycles. The number of hydrogen-bond acceptors (Lipinski definition) is 4.